The third kappa shape index (κ3) is 8.52. The van der Waals surface area contributed by atoms with Crippen LogP contribution in [0.4, 0.5) is 0 Å². The molecule has 52 heavy (non-hydrogen) atoms. The molecule has 3 aromatic carbocycles. The molecule has 0 unspecified atom stereocenters. The Hall–Kier alpha value is -4.22. The van der Waals surface area contributed by atoms with E-state index in [-0.39, 0.29) is 42.9 Å². The first-order valence-electron chi connectivity index (χ1n) is 24.1. The maximum Gasteiger partial charge on any atom is 0.139 e. The quantitative estimate of drug-likeness (QED) is 0.107. The fourth-order valence-corrected chi connectivity index (χ4v) is 7.15. The fraction of sp³-hybridized carbons (Fsp3) is 0.283. The van der Waals surface area contributed by atoms with E-state index < -0.39 is 58.7 Å². The van der Waals surface area contributed by atoms with Crippen LogP contribution in [-0.2, 0) is 31.9 Å². The summed E-state index contributed by atoms with van der Waals surface area (Å²) in [5.74, 6) is -0.0856. The number of nitrogens with zero attached hydrogens (tertiary/aromatic N) is 3. The first-order valence-corrected chi connectivity index (χ1v) is 20.1. The van der Waals surface area contributed by atoms with Crippen molar-refractivity contribution < 1.29 is 45.1 Å². The summed E-state index contributed by atoms with van der Waals surface area (Å²) in [5, 5.41) is 1.64. The van der Waals surface area contributed by atoms with Gasteiger partial charge in [0.25, 0.3) is 0 Å². The van der Waals surface area contributed by atoms with Gasteiger partial charge in [0.1, 0.15) is 5.58 Å². The summed E-state index contributed by atoms with van der Waals surface area (Å²) in [6, 6.07) is 32.2. The van der Waals surface area contributed by atoms with Gasteiger partial charge in [-0.1, -0.05) is 108 Å². The number of furan rings is 1. The average Bonchev–Trinajstić information content (AvgIpc) is 3.61. The van der Waals surface area contributed by atoms with Gasteiger partial charge in [0.2, 0.25) is 0 Å². The van der Waals surface area contributed by atoms with Gasteiger partial charge in [-0.2, -0.15) is 0 Å². The molecular weight excluding hydrogens is 831 g/mol. The van der Waals surface area contributed by atoms with E-state index in [1.807, 2.05) is 80.7 Å². The van der Waals surface area contributed by atoms with E-state index in [9.17, 15) is 0 Å². The zero-order chi connectivity index (χ0) is 49.1. The molecule has 7 aromatic rings. The number of aromatic nitrogens is 3. The largest absolute Gasteiger partial charge is 0.499 e. The molecule has 4 heterocycles. The molecule has 0 spiro atoms. The maximum atomic E-state index is 8.58. The van der Waals surface area contributed by atoms with Crippen molar-refractivity contribution in [3.8, 4) is 33.6 Å². The third-order valence-corrected chi connectivity index (χ3v) is 10.4. The number of rotatable bonds is 9. The summed E-state index contributed by atoms with van der Waals surface area (Å²) in [6.45, 7) is -0.749. The van der Waals surface area contributed by atoms with Crippen LogP contribution >= 0.6 is 0 Å². The Labute approximate surface area is 345 Å². The second-order valence-electron chi connectivity index (χ2n) is 13.5. The number of hydrogen-bond acceptors (Lipinski definition) is 4. The van der Waals surface area contributed by atoms with E-state index in [1.165, 1.54) is 6.07 Å². The molecule has 0 fully saturated rings. The van der Waals surface area contributed by atoms with Gasteiger partial charge in [-0.3, -0.25) is 4.98 Å². The van der Waals surface area contributed by atoms with Gasteiger partial charge in [0.05, 0.1) is 19.2 Å². The number of benzene rings is 3. The predicted molar refractivity (Wildman–Crippen MR) is 217 cm³/mol. The van der Waals surface area contributed by atoms with Gasteiger partial charge in [0.15, 0.2) is 0 Å². The third-order valence-electron chi connectivity index (χ3n) is 8.34. The topological polar surface area (TPSA) is 51.8 Å². The first-order chi connectivity index (χ1) is 30.4. The van der Waals surface area contributed by atoms with Gasteiger partial charge in [-0.05, 0) is 75.7 Å². The van der Waals surface area contributed by atoms with Crippen molar-refractivity contribution in [3.05, 3.63) is 133 Å². The van der Waals surface area contributed by atoms with Crippen molar-refractivity contribution in [2.45, 2.75) is 78.6 Å². The minimum Gasteiger partial charge on any atom is -0.499 e. The number of pyridine rings is 3. The van der Waals surface area contributed by atoms with Crippen molar-refractivity contribution in [3.63, 3.8) is 0 Å². The van der Waals surface area contributed by atoms with Gasteiger partial charge < -0.3 is 14.4 Å². The summed E-state index contributed by atoms with van der Waals surface area (Å²) < 4.78 is 130. The minimum absolute atomic E-state index is 0. The van der Waals surface area contributed by atoms with Crippen LogP contribution in [0.25, 0.3) is 55.7 Å². The second-order valence-corrected chi connectivity index (χ2v) is 18.5. The molecule has 4 nitrogen and oxygen atoms in total. The molecule has 0 aliphatic rings. The molecule has 0 saturated carbocycles. The Morgan fingerprint density at radius 2 is 1.62 bits per heavy atom. The normalized spacial score (nSPS) is 17.5. The van der Waals surface area contributed by atoms with E-state index in [2.05, 4.69) is 46.7 Å². The van der Waals surface area contributed by atoms with Crippen molar-refractivity contribution in [2.75, 3.05) is 0 Å². The minimum atomic E-state index is -3.91. The second kappa shape index (κ2) is 16.6. The Morgan fingerprint density at radius 3 is 2.31 bits per heavy atom. The van der Waals surface area contributed by atoms with Crippen molar-refractivity contribution in [1.82, 2.24) is 15.0 Å². The monoisotopic (exact) mass is 895 g/mol. The zero-order valence-corrected chi connectivity index (χ0v) is 32.9. The SMILES string of the molecule is [2H]C([2H])([2H])C([2H])([2H])C(c1ccnc(-c2[c-]ccc3c2oc2cc(-c4ccccc4)cnc23)c1)(C([2H])([2H])[2H])C([2H])([2H])C([2H])([2H])[2H].[2H]C([2H])(c1cc(-c2[c-]cccc2)ncc1[Si](C)(C)C)C(C)C.[Ir]. The van der Waals surface area contributed by atoms with Gasteiger partial charge in [-0.25, -0.2) is 0 Å². The van der Waals surface area contributed by atoms with Crippen molar-refractivity contribution >= 4 is 35.3 Å². The Bertz CT molecular complexity index is 2810. The molecule has 0 atom stereocenters. The number of fused-ring (bicyclic) bond motifs is 3. The van der Waals surface area contributed by atoms with Crippen LogP contribution in [0.15, 0.2) is 114 Å². The zero-order valence-electron chi connectivity index (χ0n) is 44.6. The maximum absolute atomic E-state index is 8.58. The Kier molecular flexibility index (Phi) is 7.50. The summed E-state index contributed by atoms with van der Waals surface area (Å²) in [7, 11) is -1.67. The van der Waals surface area contributed by atoms with Crippen LogP contribution in [-0.4, -0.2) is 23.0 Å². The van der Waals surface area contributed by atoms with Crippen LogP contribution in [0.2, 0.25) is 19.6 Å². The molecule has 0 aliphatic carbocycles. The molecule has 0 amide bonds. The smallest absolute Gasteiger partial charge is 0.139 e. The van der Waals surface area contributed by atoms with E-state index in [4.69, 9.17) is 25.0 Å². The van der Waals surface area contributed by atoms with E-state index in [1.54, 1.807) is 18.3 Å². The van der Waals surface area contributed by atoms with Crippen molar-refractivity contribution in [2.24, 2.45) is 5.92 Å². The summed E-state index contributed by atoms with van der Waals surface area (Å²) >= 11 is 0. The van der Waals surface area contributed by atoms with Gasteiger partial charge in [-0.15, -0.1) is 54.1 Å². The summed E-state index contributed by atoms with van der Waals surface area (Å²) in [4.78, 5) is 13.4. The first kappa shape index (κ1) is 23.4. The van der Waals surface area contributed by atoms with E-state index in [0.29, 0.717) is 16.5 Å². The van der Waals surface area contributed by atoms with E-state index in [0.717, 1.165) is 51.5 Å². The van der Waals surface area contributed by atoms with Crippen LogP contribution in [0, 0.1) is 18.1 Å². The molecule has 6 heteroatoms. The van der Waals surface area contributed by atoms with E-state index >= 15 is 0 Å². The average molecular weight is 895 g/mol. The van der Waals surface area contributed by atoms with Gasteiger partial charge in [0, 0.05) is 64.8 Å². The van der Waals surface area contributed by atoms with Crippen LogP contribution in [0.3, 0.4) is 0 Å². The Morgan fingerprint density at radius 1 is 0.827 bits per heavy atom. The molecule has 0 aliphatic heterocycles. The molecular formula is C46H49IrN3OSi-2. The van der Waals surface area contributed by atoms with Gasteiger partial charge >= 0.3 is 0 Å². The van der Waals surface area contributed by atoms with Crippen LogP contribution < -0.4 is 5.19 Å². The van der Waals surface area contributed by atoms with Crippen molar-refractivity contribution in [1.29, 1.82) is 0 Å². The standard InChI is InChI=1S/C28H25N2O.C18H24NSi.Ir/c1-4-28(3,5-2)21-14-15-29-24(17-21)22-12-9-13-23-26-25(31-27(22)23)16-20(18-30-26)19-10-7-6-8-11-19;1-14(2)11-16-12-17(15-9-7-6-8-10-15)19-13-18(16)20(3,4)5;/h6-11,13-18H,4-5H2,1-3H3;6-9,12-14H,11H2,1-5H3;/q2*-1;/i1D3,2D3,3D3,4D2,5D2;11D2;. The molecule has 1 radical (unpaired) electrons. The fourth-order valence-electron chi connectivity index (χ4n) is 5.75. The number of hydrogen-bond donors (Lipinski definition) is 0. The molecule has 0 saturated heterocycles. The van der Waals surface area contributed by atoms with Crippen LogP contribution in [0.1, 0.15) is 78.8 Å². The summed E-state index contributed by atoms with van der Waals surface area (Å²) in [6.07, 6.45) is -4.57. The predicted octanol–water partition coefficient (Wildman–Crippen LogP) is 11.9. The Balaban J connectivity index is 0.000000307. The molecule has 0 N–H and O–H groups in total. The summed E-state index contributed by atoms with van der Waals surface area (Å²) in [5.41, 5.74) is 0.955. The van der Waals surface area contributed by atoms with Crippen LogP contribution in [0.5, 0.6) is 0 Å². The molecule has 7 rings (SSSR count). The molecule has 0 bridgehead atoms. The molecule has 4 aromatic heterocycles. The molecule has 269 valence electrons.